The van der Waals surface area contributed by atoms with Crippen LogP contribution in [-0.4, -0.2) is 13.2 Å². The minimum atomic E-state index is -1.38. The molecule has 0 amide bonds. The first kappa shape index (κ1) is 43.4. The van der Waals surface area contributed by atoms with Crippen LogP contribution in [0.15, 0.2) is 18.2 Å². The molecule has 4 heteroatoms. The summed E-state index contributed by atoms with van der Waals surface area (Å²) in [4.78, 5) is 0. The molecule has 46 heavy (non-hydrogen) atoms. The van der Waals surface area contributed by atoms with Crippen molar-refractivity contribution in [2.75, 3.05) is 13.2 Å². The van der Waals surface area contributed by atoms with E-state index in [1.165, 1.54) is 178 Å². The molecule has 0 saturated carbocycles. The van der Waals surface area contributed by atoms with E-state index < -0.39 is 8.60 Å². The van der Waals surface area contributed by atoms with Gasteiger partial charge in [-0.3, -0.25) is 0 Å². The lowest BCUT2D eigenvalue weighted by molar-refractivity contribution is 0.198. The first-order valence-electron chi connectivity index (χ1n) is 20.6. The fourth-order valence-electron chi connectivity index (χ4n) is 6.31. The fourth-order valence-corrected chi connectivity index (χ4v) is 7.38. The predicted molar refractivity (Wildman–Crippen MR) is 205 cm³/mol. The number of hydrogen-bond acceptors (Lipinski definition) is 3. The molecule has 0 atom stereocenters. The van der Waals surface area contributed by atoms with E-state index in [1.54, 1.807) is 0 Å². The Hall–Kier alpha value is -0.630. The van der Waals surface area contributed by atoms with Crippen LogP contribution in [0.25, 0.3) is 0 Å². The summed E-state index contributed by atoms with van der Waals surface area (Å²) < 4.78 is 19.5. The monoisotopic (exact) mass is 663 g/mol. The van der Waals surface area contributed by atoms with Crippen molar-refractivity contribution in [1.29, 1.82) is 0 Å². The maximum Gasteiger partial charge on any atom is 0.397 e. The van der Waals surface area contributed by atoms with Crippen molar-refractivity contribution in [3.63, 3.8) is 0 Å². The maximum absolute atomic E-state index is 6.71. The van der Waals surface area contributed by atoms with Crippen molar-refractivity contribution in [3.05, 3.63) is 29.3 Å². The number of rotatable bonds is 36. The molecule has 1 aromatic rings. The normalized spacial score (nSPS) is 11.6. The summed E-state index contributed by atoms with van der Waals surface area (Å²) in [7, 11) is -1.38. The fraction of sp³-hybridized carbons (Fsp3) is 0.857. The van der Waals surface area contributed by atoms with E-state index in [4.69, 9.17) is 13.6 Å². The lowest BCUT2D eigenvalue weighted by atomic mass is 9.95. The van der Waals surface area contributed by atoms with E-state index >= 15 is 0 Å². The van der Waals surface area contributed by atoms with Gasteiger partial charge < -0.3 is 13.6 Å². The standard InChI is InChI=1S/C42H79O3P/c1-5-9-13-17-21-25-29-34-40-35-33-37-42(41(40)36-30-26-22-18-14-10-6-2)45-46(43-38-31-27-23-19-15-11-7-3)44-39-32-28-24-20-16-12-8-4/h33,35,37H,5-32,34,36,38-39H2,1-4H3. The molecule has 1 aromatic carbocycles. The summed E-state index contributed by atoms with van der Waals surface area (Å²) in [5, 5.41) is 0. The smallest absolute Gasteiger partial charge is 0.397 e. The summed E-state index contributed by atoms with van der Waals surface area (Å²) >= 11 is 0. The zero-order valence-electron chi connectivity index (χ0n) is 31.5. The molecule has 0 aliphatic rings. The molecule has 0 spiro atoms. The second-order valence-electron chi connectivity index (χ2n) is 13.9. The van der Waals surface area contributed by atoms with Gasteiger partial charge in [0.05, 0.1) is 13.2 Å². The topological polar surface area (TPSA) is 27.7 Å². The minimum Gasteiger partial charge on any atom is -0.426 e. The Bertz CT molecular complexity index is 734. The lowest BCUT2D eigenvalue weighted by Crippen LogP contribution is -2.04. The molecular formula is C42H79O3P. The van der Waals surface area contributed by atoms with Crippen LogP contribution in [0, 0.1) is 0 Å². The highest BCUT2D eigenvalue weighted by atomic mass is 31.2. The maximum atomic E-state index is 6.71. The first-order chi connectivity index (χ1) is 22.8. The van der Waals surface area contributed by atoms with Gasteiger partial charge in [-0.2, -0.15) is 0 Å². The average Bonchev–Trinajstić information content (AvgIpc) is 3.07. The molecule has 0 aromatic heterocycles. The van der Waals surface area contributed by atoms with E-state index in [1.807, 2.05) is 0 Å². The van der Waals surface area contributed by atoms with Gasteiger partial charge in [-0.1, -0.05) is 194 Å². The minimum absolute atomic E-state index is 0.737. The van der Waals surface area contributed by atoms with Crippen LogP contribution < -0.4 is 4.52 Å². The van der Waals surface area contributed by atoms with Crippen LogP contribution in [-0.2, 0) is 21.9 Å². The van der Waals surface area contributed by atoms with Crippen molar-refractivity contribution in [3.8, 4) is 5.75 Å². The second kappa shape index (κ2) is 34.2. The third-order valence-electron chi connectivity index (χ3n) is 9.37. The molecule has 0 aliphatic heterocycles. The Labute approximate surface area is 290 Å². The third kappa shape index (κ3) is 25.4. The molecule has 0 heterocycles. The molecule has 0 radical (unpaired) electrons. The Morgan fingerprint density at radius 1 is 0.413 bits per heavy atom. The molecule has 3 nitrogen and oxygen atoms in total. The molecule has 0 saturated heterocycles. The summed E-state index contributed by atoms with van der Waals surface area (Å²) in [6.45, 7) is 10.6. The van der Waals surface area contributed by atoms with Crippen LogP contribution in [0.4, 0.5) is 0 Å². The van der Waals surface area contributed by atoms with Crippen LogP contribution in [0.5, 0.6) is 5.75 Å². The Morgan fingerprint density at radius 3 is 1.22 bits per heavy atom. The summed E-state index contributed by atoms with van der Waals surface area (Å²) in [6.07, 6.45) is 39.1. The van der Waals surface area contributed by atoms with Crippen LogP contribution in [0.2, 0.25) is 0 Å². The van der Waals surface area contributed by atoms with Crippen LogP contribution >= 0.6 is 8.60 Å². The largest absolute Gasteiger partial charge is 0.426 e. The van der Waals surface area contributed by atoms with E-state index in [2.05, 4.69) is 45.9 Å². The second-order valence-corrected chi connectivity index (χ2v) is 15.0. The first-order valence-corrected chi connectivity index (χ1v) is 21.7. The van der Waals surface area contributed by atoms with E-state index in [9.17, 15) is 0 Å². The van der Waals surface area contributed by atoms with Crippen LogP contribution in [0.1, 0.15) is 219 Å². The van der Waals surface area contributed by atoms with Gasteiger partial charge in [0.2, 0.25) is 0 Å². The zero-order valence-corrected chi connectivity index (χ0v) is 32.4. The Balaban J connectivity index is 2.80. The van der Waals surface area contributed by atoms with Gasteiger partial charge in [0.1, 0.15) is 5.75 Å². The van der Waals surface area contributed by atoms with E-state index in [0.29, 0.717) is 0 Å². The van der Waals surface area contributed by atoms with E-state index in [0.717, 1.165) is 44.6 Å². The predicted octanol–water partition coefficient (Wildman–Crippen LogP) is 15.4. The van der Waals surface area contributed by atoms with Crippen molar-refractivity contribution in [1.82, 2.24) is 0 Å². The number of hydrogen-bond donors (Lipinski definition) is 0. The van der Waals surface area contributed by atoms with Crippen molar-refractivity contribution < 1.29 is 13.6 Å². The number of aryl methyl sites for hydroxylation is 1. The quantitative estimate of drug-likeness (QED) is 0.0529. The van der Waals surface area contributed by atoms with Gasteiger partial charge in [-0.05, 0) is 55.7 Å². The summed E-state index contributed by atoms with van der Waals surface area (Å²) in [5.41, 5.74) is 2.92. The highest BCUT2D eigenvalue weighted by Gasteiger charge is 2.19. The highest BCUT2D eigenvalue weighted by Crippen LogP contribution is 2.43. The number of benzene rings is 1. The summed E-state index contributed by atoms with van der Waals surface area (Å²) in [6, 6.07) is 6.76. The zero-order chi connectivity index (χ0) is 33.2. The van der Waals surface area contributed by atoms with Gasteiger partial charge in [-0.15, -0.1) is 0 Å². The van der Waals surface area contributed by atoms with Gasteiger partial charge in [0.15, 0.2) is 0 Å². The summed E-state index contributed by atoms with van der Waals surface area (Å²) in [5.74, 6) is 1.02. The molecule has 1 rings (SSSR count). The Kier molecular flexibility index (Phi) is 32.3. The van der Waals surface area contributed by atoms with Gasteiger partial charge in [0, 0.05) is 0 Å². The van der Waals surface area contributed by atoms with Gasteiger partial charge in [-0.25, -0.2) is 0 Å². The molecule has 270 valence electrons. The molecule has 0 N–H and O–H groups in total. The van der Waals surface area contributed by atoms with Gasteiger partial charge >= 0.3 is 8.60 Å². The molecule has 0 bridgehead atoms. The SMILES string of the molecule is CCCCCCCCCOP(OCCCCCCCCC)Oc1cccc(CCCCCCCCC)c1CCCCCCCCC. The lowest BCUT2D eigenvalue weighted by Gasteiger charge is -2.21. The van der Waals surface area contributed by atoms with Crippen molar-refractivity contribution in [2.24, 2.45) is 0 Å². The molecule has 0 fully saturated rings. The third-order valence-corrected chi connectivity index (χ3v) is 10.5. The highest BCUT2D eigenvalue weighted by molar-refractivity contribution is 7.42. The van der Waals surface area contributed by atoms with E-state index in [-0.39, 0.29) is 0 Å². The van der Waals surface area contributed by atoms with Crippen molar-refractivity contribution in [2.45, 2.75) is 220 Å². The molecular weight excluding hydrogens is 583 g/mol. The van der Waals surface area contributed by atoms with Crippen LogP contribution in [0.3, 0.4) is 0 Å². The Morgan fingerprint density at radius 2 is 0.783 bits per heavy atom. The average molecular weight is 663 g/mol. The number of unbranched alkanes of at least 4 members (excludes halogenated alkanes) is 24. The van der Waals surface area contributed by atoms with Gasteiger partial charge in [0.25, 0.3) is 0 Å². The molecule has 0 aliphatic carbocycles. The van der Waals surface area contributed by atoms with Crippen molar-refractivity contribution >= 4 is 8.60 Å². The molecule has 0 unspecified atom stereocenters.